The van der Waals surface area contributed by atoms with Gasteiger partial charge in [0.05, 0.1) is 12.2 Å². The molecule has 0 atom stereocenters. The number of nitrogens with two attached hydrogens (primary N) is 1. The zero-order chi connectivity index (χ0) is 26.7. The van der Waals surface area contributed by atoms with Gasteiger partial charge in [-0.2, -0.15) is 13.2 Å². The molecule has 0 unspecified atom stereocenters. The van der Waals surface area contributed by atoms with Gasteiger partial charge in [0.15, 0.2) is 0 Å². The van der Waals surface area contributed by atoms with E-state index in [2.05, 4.69) is 35.7 Å². The molecule has 0 aliphatic carbocycles. The highest BCUT2D eigenvalue weighted by atomic mass is 19.4. The molecule has 1 heterocycles. The van der Waals surface area contributed by atoms with Crippen LogP contribution in [0, 0.1) is 5.92 Å². The maximum absolute atomic E-state index is 13.6. The van der Waals surface area contributed by atoms with Crippen LogP contribution < -0.4 is 21.1 Å². The summed E-state index contributed by atoms with van der Waals surface area (Å²) >= 11 is 0. The minimum atomic E-state index is -4.47. The van der Waals surface area contributed by atoms with Gasteiger partial charge in [0.1, 0.15) is 0 Å². The predicted octanol–water partition coefficient (Wildman–Crippen LogP) is 6.53. The summed E-state index contributed by atoms with van der Waals surface area (Å²) in [5.74, 6) is 0.747. The normalized spacial score (nSPS) is 11.9. The van der Waals surface area contributed by atoms with Crippen LogP contribution in [0.1, 0.15) is 62.3 Å². The number of pyridine rings is 1. The van der Waals surface area contributed by atoms with E-state index in [1.54, 1.807) is 30.5 Å². The number of benzene rings is 1. The second kappa shape index (κ2) is 13.6. The Morgan fingerprint density at radius 1 is 1.11 bits per heavy atom. The maximum atomic E-state index is 13.6. The molecule has 2 rings (SSSR count). The molecule has 0 fully saturated rings. The summed E-state index contributed by atoms with van der Waals surface area (Å²) in [6.45, 7) is 14.9. The number of unbranched alkanes of at least 4 members (excludes halogenated alkanes) is 2. The number of hydrogen-bond donors (Lipinski definition) is 3. The van der Waals surface area contributed by atoms with E-state index < -0.39 is 11.7 Å². The van der Waals surface area contributed by atoms with E-state index in [-0.39, 0.29) is 18.0 Å². The van der Waals surface area contributed by atoms with Crippen molar-refractivity contribution in [3.63, 3.8) is 0 Å². The third kappa shape index (κ3) is 9.32. The zero-order valence-electron chi connectivity index (χ0n) is 21.3. The fraction of sp³-hybridized carbons (Fsp3) is 0.393. The van der Waals surface area contributed by atoms with E-state index in [0.717, 1.165) is 36.6 Å². The van der Waals surface area contributed by atoms with Gasteiger partial charge in [0.25, 0.3) is 0 Å². The van der Waals surface area contributed by atoms with Gasteiger partial charge in [-0.15, -0.1) is 0 Å². The molecular weight excluding hydrogens is 465 g/mol. The first-order valence-electron chi connectivity index (χ1n) is 12.1. The highest BCUT2D eigenvalue weighted by Crippen LogP contribution is 2.32. The SMILES string of the molecule is C=C(/C=C(\N)c1ccc(OCCCCC)nc1)NCc1cc(CNC(=C)C(C)C)ccc1C(F)(F)F. The molecule has 196 valence electrons. The molecule has 0 amide bonds. The Morgan fingerprint density at radius 3 is 2.47 bits per heavy atom. The monoisotopic (exact) mass is 502 g/mol. The Bertz CT molecular complexity index is 1040. The number of ether oxygens (including phenoxy) is 1. The molecule has 0 spiro atoms. The quantitative estimate of drug-likeness (QED) is 0.202. The number of alkyl halides is 3. The van der Waals surface area contributed by atoms with E-state index in [9.17, 15) is 13.2 Å². The van der Waals surface area contributed by atoms with Gasteiger partial charge in [0, 0.05) is 48.0 Å². The Morgan fingerprint density at radius 2 is 1.86 bits per heavy atom. The molecule has 0 bridgehead atoms. The maximum Gasteiger partial charge on any atom is 0.416 e. The lowest BCUT2D eigenvalue weighted by atomic mass is 10.0. The fourth-order valence-electron chi connectivity index (χ4n) is 3.30. The van der Waals surface area contributed by atoms with E-state index in [1.807, 2.05) is 13.8 Å². The highest BCUT2D eigenvalue weighted by molar-refractivity contribution is 5.64. The first-order valence-corrected chi connectivity index (χ1v) is 12.1. The van der Waals surface area contributed by atoms with Crippen molar-refractivity contribution in [2.75, 3.05) is 6.61 Å². The molecule has 0 aliphatic heterocycles. The van der Waals surface area contributed by atoms with Crippen LogP contribution in [-0.4, -0.2) is 11.6 Å². The van der Waals surface area contributed by atoms with E-state index in [4.69, 9.17) is 10.5 Å². The minimum absolute atomic E-state index is 0.0563. The summed E-state index contributed by atoms with van der Waals surface area (Å²) in [6, 6.07) is 7.65. The van der Waals surface area contributed by atoms with Gasteiger partial charge in [-0.3, -0.25) is 0 Å². The van der Waals surface area contributed by atoms with Crippen LogP contribution in [0.15, 0.2) is 67.2 Å². The molecule has 0 saturated heterocycles. The number of halogens is 3. The number of allylic oxidation sites excluding steroid dienone is 2. The lowest BCUT2D eigenvalue weighted by molar-refractivity contribution is -0.138. The van der Waals surface area contributed by atoms with Crippen molar-refractivity contribution in [3.05, 3.63) is 89.4 Å². The van der Waals surface area contributed by atoms with Crippen molar-refractivity contribution in [3.8, 4) is 5.88 Å². The first kappa shape index (κ1) is 28.8. The number of aromatic nitrogens is 1. The van der Waals surface area contributed by atoms with Crippen molar-refractivity contribution >= 4 is 5.70 Å². The van der Waals surface area contributed by atoms with Crippen LogP contribution in [0.3, 0.4) is 0 Å². The van der Waals surface area contributed by atoms with Gasteiger partial charge in [-0.25, -0.2) is 4.98 Å². The van der Waals surface area contributed by atoms with Crippen molar-refractivity contribution in [1.82, 2.24) is 15.6 Å². The Balaban J connectivity index is 2.04. The molecule has 5 nitrogen and oxygen atoms in total. The molecule has 1 aromatic carbocycles. The van der Waals surface area contributed by atoms with Crippen molar-refractivity contribution in [2.45, 2.75) is 59.3 Å². The molecule has 36 heavy (non-hydrogen) atoms. The van der Waals surface area contributed by atoms with Gasteiger partial charge < -0.3 is 21.1 Å². The molecular formula is C28H37F3N4O. The molecule has 1 aromatic heterocycles. The second-order valence-corrected chi connectivity index (χ2v) is 8.94. The third-order valence-corrected chi connectivity index (χ3v) is 5.59. The largest absolute Gasteiger partial charge is 0.478 e. The molecule has 0 saturated carbocycles. The standard InChI is InChI=1S/C28H37F3N4O/c1-6-7-8-13-36-27-12-10-23(17-35-27)26(32)14-20(4)33-18-24-15-22(16-34-21(5)19(2)3)9-11-25(24)28(29,30)31/h9-12,14-15,17,19,33-34H,4-8,13,16,18,32H2,1-3H3/b26-14-. The summed E-state index contributed by atoms with van der Waals surface area (Å²) in [4.78, 5) is 4.26. The molecule has 0 radical (unpaired) electrons. The van der Waals surface area contributed by atoms with Crippen LogP contribution in [-0.2, 0) is 19.3 Å². The third-order valence-electron chi connectivity index (χ3n) is 5.59. The van der Waals surface area contributed by atoms with Crippen molar-refractivity contribution in [2.24, 2.45) is 11.7 Å². The number of nitrogens with one attached hydrogen (secondary N) is 2. The topological polar surface area (TPSA) is 72.2 Å². The Hall–Kier alpha value is -3.42. The van der Waals surface area contributed by atoms with Gasteiger partial charge in [0.2, 0.25) is 5.88 Å². The summed E-state index contributed by atoms with van der Waals surface area (Å²) < 4.78 is 46.3. The van der Waals surface area contributed by atoms with E-state index >= 15 is 0 Å². The van der Waals surface area contributed by atoms with Crippen molar-refractivity contribution in [1.29, 1.82) is 0 Å². The smallest absolute Gasteiger partial charge is 0.416 e. The van der Waals surface area contributed by atoms with Gasteiger partial charge in [-0.1, -0.05) is 58.9 Å². The summed E-state index contributed by atoms with van der Waals surface area (Å²) in [7, 11) is 0. The van der Waals surface area contributed by atoms with Crippen molar-refractivity contribution < 1.29 is 17.9 Å². The van der Waals surface area contributed by atoms with Gasteiger partial charge >= 0.3 is 6.18 Å². The average Bonchev–Trinajstić information content (AvgIpc) is 2.83. The fourth-order valence-corrected chi connectivity index (χ4v) is 3.30. The first-order chi connectivity index (χ1) is 17.0. The Labute approximate surface area is 212 Å². The van der Waals surface area contributed by atoms with E-state index in [0.29, 0.717) is 36.0 Å². The highest BCUT2D eigenvalue weighted by Gasteiger charge is 2.33. The number of rotatable bonds is 14. The summed E-state index contributed by atoms with van der Waals surface area (Å²) in [5, 5.41) is 6.10. The predicted molar refractivity (Wildman–Crippen MR) is 140 cm³/mol. The molecule has 0 aliphatic rings. The minimum Gasteiger partial charge on any atom is -0.478 e. The van der Waals surface area contributed by atoms with Crippen LogP contribution in [0.4, 0.5) is 13.2 Å². The second-order valence-electron chi connectivity index (χ2n) is 8.94. The number of hydrogen-bond acceptors (Lipinski definition) is 5. The zero-order valence-corrected chi connectivity index (χ0v) is 21.3. The van der Waals surface area contributed by atoms with Crippen LogP contribution in [0.2, 0.25) is 0 Å². The molecule has 8 heteroatoms. The lowest BCUT2D eigenvalue weighted by Gasteiger charge is -2.17. The Kier molecular flexibility index (Phi) is 10.9. The molecule has 4 N–H and O–H groups in total. The lowest BCUT2D eigenvalue weighted by Crippen LogP contribution is -2.19. The van der Waals surface area contributed by atoms with Crippen LogP contribution in [0.5, 0.6) is 5.88 Å². The summed E-state index contributed by atoms with van der Waals surface area (Å²) in [5.41, 5.74) is 8.57. The number of nitrogens with zero attached hydrogens (tertiary/aromatic N) is 1. The van der Waals surface area contributed by atoms with Gasteiger partial charge in [-0.05, 0) is 41.7 Å². The van der Waals surface area contributed by atoms with Crippen LogP contribution >= 0.6 is 0 Å². The van der Waals surface area contributed by atoms with Crippen LogP contribution in [0.25, 0.3) is 5.70 Å². The molecule has 2 aromatic rings. The average molecular weight is 503 g/mol. The van der Waals surface area contributed by atoms with E-state index in [1.165, 1.54) is 6.07 Å². The summed E-state index contributed by atoms with van der Waals surface area (Å²) in [6.07, 6.45) is 1.89.